The van der Waals surface area contributed by atoms with E-state index in [-0.39, 0.29) is 0 Å². The molecule has 2 rings (SSSR count). The number of rotatable bonds is 2. The quantitative estimate of drug-likeness (QED) is 0.756. The van der Waals surface area contributed by atoms with Crippen molar-refractivity contribution in [1.29, 1.82) is 0 Å². The lowest BCUT2D eigenvalue weighted by atomic mass is 10.3. The molecular weight excluding hydrogens is 206 g/mol. The van der Waals surface area contributed by atoms with E-state index < -0.39 is 0 Å². The molecule has 0 aliphatic heterocycles. The molecular formula is C7H10BrN3. The molecule has 0 aromatic carbocycles. The summed E-state index contributed by atoms with van der Waals surface area (Å²) in [6.45, 7) is 3.01. The van der Waals surface area contributed by atoms with Crippen molar-refractivity contribution in [2.75, 3.05) is 0 Å². The molecule has 1 aromatic rings. The van der Waals surface area contributed by atoms with Crippen molar-refractivity contribution in [3.05, 3.63) is 10.3 Å². The molecule has 1 aromatic heterocycles. The Morgan fingerprint density at radius 3 is 2.91 bits per heavy atom. The molecule has 60 valence electrons. The highest BCUT2D eigenvalue weighted by atomic mass is 79.9. The van der Waals surface area contributed by atoms with Crippen LogP contribution in [-0.4, -0.2) is 15.0 Å². The second-order valence-electron chi connectivity index (χ2n) is 2.86. The summed E-state index contributed by atoms with van der Waals surface area (Å²) in [4.78, 5) is 0. The molecule has 11 heavy (non-hydrogen) atoms. The maximum Gasteiger partial charge on any atom is 0.151 e. The Hall–Kier alpha value is -0.380. The summed E-state index contributed by atoms with van der Waals surface area (Å²) in [5.74, 6) is 0.722. The van der Waals surface area contributed by atoms with Crippen molar-refractivity contribution in [1.82, 2.24) is 15.0 Å². The Bertz CT molecular complexity index is 265. The molecule has 0 saturated heterocycles. The molecule has 3 nitrogen and oxygen atoms in total. The van der Waals surface area contributed by atoms with Gasteiger partial charge in [-0.25, -0.2) is 4.68 Å². The maximum atomic E-state index is 4.02. The topological polar surface area (TPSA) is 30.7 Å². The van der Waals surface area contributed by atoms with Crippen molar-refractivity contribution in [3.8, 4) is 0 Å². The first-order valence-electron chi connectivity index (χ1n) is 3.91. The third-order valence-corrected chi connectivity index (χ3v) is 2.56. The van der Waals surface area contributed by atoms with Gasteiger partial charge in [-0.2, -0.15) is 0 Å². The van der Waals surface area contributed by atoms with Gasteiger partial charge in [0, 0.05) is 12.5 Å². The smallest absolute Gasteiger partial charge is 0.151 e. The Kier molecular flexibility index (Phi) is 1.71. The van der Waals surface area contributed by atoms with E-state index in [1.165, 1.54) is 18.5 Å². The van der Waals surface area contributed by atoms with Gasteiger partial charge in [0.15, 0.2) is 4.60 Å². The van der Waals surface area contributed by atoms with Crippen LogP contribution in [0.25, 0.3) is 0 Å². The van der Waals surface area contributed by atoms with E-state index in [4.69, 9.17) is 0 Å². The van der Waals surface area contributed by atoms with E-state index in [0.29, 0.717) is 0 Å². The zero-order chi connectivity index (χ0) is 7.84. The van der Waals surface area contributed by atoms with Gasteiger partial charge in [-0.05, 0) is 35.7 Å². The van der Waals surface area contributed by atoms with Crippen LogP contribution in [0.5, 0.6) is 0 Å². The minimum Gasteiger partial charge on any atom is -0.248 e. The summed E-state index contributed by atoms with van der Waals surface area (Å²) >= 11 is 3.40. The monoisotopic (exact) mass is 215 g/mol. The summed E-state index contributed by atoms with van der Waals surface area (Å²) in [6.07, 6.45) is 2.60. The van der Waals surface area contributed by atoms with Crippen LogP contribution in [0, 0.1) is 0 Å². The summed E-state index contributed by atoms with van der Waals surface area (Å²) < 4.78 is 2.91. The predicted molar refractivity (Wildman–Crippen MR) is 45.4 cm³/mol. The number of aromatic nitrogens is 3. The van der Waals surface area contributed by atoms with Gasteiger partial charge in [-0.15, -0.1) is 5.10 Å². The second kappa shape index (κ2) is 2.59. The van der Waals surface area contributed by atoms with Gasteiger partial charge in [0.1, 0.15) is 0 Å². The molecule has 0 atom stereocenters. The number of hydrogen-bond donors (Lipinski definition) is 0. The summed E-state index contributed by atoms with van der Waals surface area (Å²) in [5, 5.41) is 7.99. The Morgan fingerprint density at radius 2 is 2.36 bits per heavy atom. The zero-order valence-electron chi connectivity index (χ0n) is 6.42. The minimum atomic E-state index is 0.722. The summed E-state index contributed by atoms with van der Waals surface area (Å²) in [6, 6.07) is 0. The van der Waals surface area contributed by atoms with Gasteiger partial charge in [0.2, 0.25) is 0 Å². The summed E-state index contributed by atoms with van der Waals surface area (Å²) in [7, 11) is 0. The maximum absolute atomic E-state index is 4.02. The third kappa shape index (κ3) is 1.20. The van der Waals surface area contributed by atoms with Gasteiger partial charge < -0.3 is 0 Å². The highest BCUT2D eigenvalue weighted by molar-refractivity contribution is 9.10. The van der Waals surface area contributed by atoms with Gasteiger partial charge in [0.25, 0.3) is 0 Å². The van der Waals surface area contributed by atoms with Crippen LogP contribution in [0.1, 0.15) is 31.4 Å². The lowest BCUT2D eigenvalue weighted by molar-refractivity contribution is 0.598. The highest BCUT2D eigenvalue weighted by Crippen LogP contribution is 2.42. The first-order chi connectivity index (χ1) is 5.33. The fourth-order valence-corrected chi connectivity index (χ4v) is 1.87. The molecule has 0 amide bonds. The Balaban J connectivity index is 2.38. The first kappa shape index (κ1) is 7.28. The van der Waals surface area contributed by atoms with Crippen LogP contribution in [0.2, 0.25) is 0 Å². The van der Waals surface area contributed by atoms with E-state index in [1.807, 2.05) is 4.68 Å². The number of aryl methyl sites for hydroxylation is 1. The molecule has 0 N–H and O–H groups in total. The van der Waals surface area contributed by atoms with E-state index in [2.05, 4.69) is 33.2 Å². The van der Waals surface area contributed by atoms with Gasteiger partial charge in [-0.3, -0.25) is 0 Å². The normalized spacial score (nSPS) is 17.3. The number of hydrogen-bond acceptors (Lipinski definition) is 2. The standard InChI is InChI=1S/C7H10BrN3/c1-2-11-6(5-3-4-5)7(8)9-10-11/h5H,2-4H2,1H3. The third-order valence-electron chi connectivity index (χ3n) is 1.99. The molecule has 1 heterocycles. The largest absolute Gasteiger partial charge is 0.248 e. The molecule has 0 spiro atoms. The number of halogens is 1. The second-order valence-corrected chi connectivity index (χ2v) is 3.61. The van der Waals surface area contributed by atoms with Gasteiger partial charge in [-0.1, -0.05) is 5.21 Å². The molecule has 0 bridgehead atoms. The van der Waals surface area contributed by atoms with Crippen LogP contribution in [0.15, 0.2) is 4.60 Å². The average Bonchev–Trinajstić information content (AvgIpc) is 2.76. The van der Waals surface area contributed by atoms with Crippen molar-refractivity contribution >= 4 is 15.9 Å². The molecule has 0 unspecified atom stereocenters. The highest BCUT2D eigenvalue weighted by Gasteiger charge is 2.29. The van der Waals surface area contributed by atoms with E-state index >= 15 is 0 Å². The average molecular weight is 216 g/mol. The van der Waals surface area contributed by atoms with Gasteiger partial charge >= 0.3 is 0 Å². The SMILES string of the molecule is CCn1nnc(Br)c1C1CC1. The van der Waals surface area contributed by atoms with Crippen LogP contribution < -0.4 is 0 Å². The first-order valence-corrected chi connectivity index (χ1v) is 4.71. The van der Waals surface area contributed by atoms with Crippen LogP contribution in [0.3, 0.4) is 0 Å². The van der Waals surface area contributed by atoms with Crippen molar-refractivity contribution in [2.24, 2.45) is 0 Å². The lowest BCUT2D eigenvalue weighted by Gasteiger charge is -1.99. The molecule has 4 heteroatoms. The zero-order valence-corrected chi connectivity index (χ0v) is 8.00. The fourth-order valence-electron chi connectivity index (χ4n) is 1.27. The van der Waals surface area contributed by atoms with E-state index in [9.17, 15) is 0 Å². The van der Waals surface area contributed by atoms with Crippen LogP contribution in [-0.2, 0) is 6.54 Å². The number of nitrogens with zero attached hydrogens (tertiary/aromatic N) is 3. The Labute approximate surface area is 73.9 Å². The molecule has 1 aliphatic carbocycles. The van der Waals surface area contributed by atoms with Crippen molar-refractivity contribution in [2.45, 2.75) is 32.2 Å². The van der Waals surface area contributed by atoms with Crippen molar-refractivity contribution in [3.63, 3.8) is 0 Å². The van der Waals surface area contributed by atoms with Crippen molar-refractivity contribution < 1.29 is 0 Å². The fraction of sp³-hybridized carbons (Fsp3) is 0.714. The lowest BCUT2D eigenvalue weighted by Crippen LogP contribution is -2.01. The Morgan fingerprint density at radius 1 is 1.64 bits per heavy atom. The van der Waals surface area contributed by atoms with Gasteiger partial charge in [0.05, 0.1) is 5.69 Å². The van der Waals surface area contributed by atoms with Crippen LogP contribution >= 0.6 is 15.9 Å². The van der Waals surface area contributed by atoms with E-state index in [1.54, 1.807) is 0 Å². The molecule has 0 radical (unpaired) electrons. The summed E-state index contributed by atoms with van der Waals surface area (Å²) in [5.41, 5.74) is 1.28. The molecule has 1 saturated carbocycles. The van der Waals surface area contributed by atoms with E-state index in [0.717, 1.165) is 17.1 Å². The minimum absolute atomic E-state index is 0.722. The molecule has 1 fully saturated rings. The predicted octanol–water partition coefficient (Wildman–Crippen LogP) is 1.94. The van der Waals surface area contributed by atoms with Crippen LogP contribution in [0.4, 0.5) is 0 Å². The molecule has 1 aliphatic rings.